The normalized spacial score (nSPS) is 11.1. The van der Waals surface area contributed by atoms with E-state index in [2.05, 4.69) is 36.3 Å². The van der Waals surface area contributed by atoms with Gasteiger partial charge in [-0.15, -0.1) is 0 Å². The summed E-state index contributed by atoms with van der Waals surface area (Å²) in [4.78, 5) is 14.1. The maximum atomic E-state index is 12.1. The summed E-state index contributed by atoms with van der Waals surface area (Å²) in [6, 6.07) is 0. The van der Waals surface area contributed by atoms with Crippen LogP contribution in [0.1, 0.15) is 10.5 Å². The predicted molar refractivity (Wildman–Crippen MR) is 79.6 cm³/mol. The van der Waals surface area contributed by atoms with Crippen molar-refractivity contribution in [1.29, 1.82) is 0 Å². The van der Waals surface area contributed by atoms with Crippen LogP contribution in [-0.4, -0.2) is 51.0 Å². The van der Waals surface area contributed by atoms with Gasteiger partial charge >= 0.3 is 0 Å². The van der Waals surface area contributed by atoms with Crippen LogP contribution in [0.2, 0.25) is 0 Å². The maximum absolute atomic E-state index is 12.1. The van der Waals surface area contributed by atoms with Crippen molar-refractivity contribution in [3.05, 3.63) is 28.8 Å². The van der Waals surface area contributed by atoms with Gasteiger partial charge in [-0.1, -0.05) is 0 Å². The smallest absolute Gasteiger partial charge is 0.277 e. The second-order valence-corrected chi connectivity index (χ2v) is 5.60. The van der Waals surface area contributed by atoms with Crippen molar-refractivity contribution >= 4 is 27.5 Å². The summed E-state index contributed by atoms with van der Waals surface area (Å²) in [6.45, 7) is 1.66. The van der Waals surface area contributed by atoms with Crippen LogP contribution in [0.5, 0.6) is 0 Å². The molecule has 1 N–H and O–H groups in total. The zero-order valence-electron chi connectivity index (χ0n) is 11.7. The number of rotatable bonds is 5. The van der Waals surface area contributed by atoms with Crippen LogP contribution in [-0.2, 0) is 13.6 Å². The molecule has 2 rings (SSSR count). The second kappa shape index (κ2) is 6.19. The number of nitrogens with zero attached hydrogens (tertiary/aromatic N) is 5. The van der Waals surface area contributed by atoms with Crippen LogP contribution in [0, 0.1) is 0 Å². The van der Waals surface area contributed by atoms with Crippen molar-refractivity contribution in [3.8, 4) is 0 Å². The fourth-order valence-electron chi connectivity index (χ4n) is 1.66. The molecule has 0 aromatic carbocycles. The molecule has 7 nitrogen and oxygen atoms in total. The van der Waals surface area contributed by atoms with E-state index in [1.165, 1.54) is 0 Å². The van der Waals surface area contributed by atoms with E-state index in [9.17, 15) is 4.79 Å². The minimum Gasteiger partial charge on any atom is -0.318 e. The Morgan fingerprint density at radius 3 is 2.80 bits per heavy atom. The number of amides is 1. The Kier molecular flexibility index (Phi) is 4.56. The number of aryl methyl sites for hydroxylation is 1. The van der Waals surface area contributed by atoms with Crippen LogP contribution in [0.4, 0.5) is 5.69 Å². The first-order valence-corrected chi connectivity index (χ1v) is 6.92. The third kappa shape index (κ3) is 3.67. The van der Waals surface area contributed by atoms with Crippen LogP contribution in [0.3, 0.4) is 0 Å². The summed E-state index contributed by atoms with van der Waals surface area (Å²) in [5, 5.41) is 11.1. The Bertz CT molecular complexity index is 603. The van der Waals surface area contributed by atoms with Gasteiger partial charge in [0.15, 0.2) is 5.69 Å². The van der Waals surface area contributed by atoms with Gasteiger partial charge in [-0.2, -0.15) is 10.2 Å². The Balaban J connectivity index is 2.00. The SMILES string of the molecule is CN(C)CCn1cc(NC(=O)c2nn(C)cc2Br)cn1. The number of halogens is 1. The molecule has 0 atom stereocenters. The molecule has 20 heavy (non-hydrogen) atoms. The highest BCUT2D eigenvalue weighted by Gasteiger charge is 2.15. The van der Waals surface area contributed by atoms with Crippen LogP contribution < -0.4 is 5.32 Å². The van der Waals surface area contributed by atoms with Gasteiger partial charge in [0.25, 0.3) is 5.91 Å². The number of nitrogens with one attached hydrogen (secondary N) is 1. The largest absolute Gasteiger partial charge is 0.318 e. The van der Waals surface area contributed by atoms with E-state index >= 15 is 0 Å². The second-order valence-electron chi connectivity index (χ2n) is 4.75. The van der Waals surface area contributed by atoms with Gasteiger partial charge < -0.3 is 10.2 Å². The molecule has 2 heterocycles. The van der Waals surface area contributed by atoms with E-state index in [0.29, 0.717) is 15.9 Å². The molecule has 0 fully saturated rings. The number of aromatic nitrogens is 4. The first-order chi connectivity index (χ1) is 9.45. The number of hydrogen-bond acceptors (Lipinski definition) is 4. The molecule has 2 aromatic heterocycles. The summed E-state index contributed by atoms with van der Waals surface area (Å²) in [6.07, 6.45) is 5.16. The molecule has 0 aliphatic carbocycles. The van der Waals surface area contributed by atoms with E-state index in [-0.39, 0.29) is 5.91 Å². The molecule has 0 aliphatic heterocycles. The summed E-state index contributed by atoms with van der Waals surface area (Å²) in [5.41, 5.74) is 1.01. The summed E-state index contributed by atoms with van der Waals surface area (Å²) in [7, 11) is 5.77. The van der Waals surface area contributed by atoms with Crippen LogP contribution in [0.15, 0.2) is 23.1 Å². The van der Waals surface area contributed by atoms with Gasteiger partial charge in [-0.05, 0) is 30.0 Å². The Morgan fingerprint density at radius 2 is 2.20 bits per heavy atom. The minimum absolute atomic E-state index is 0.260. The molecule has 108 valence electrons. The standard InChI is InChI=1S/C12H17BrN6O/c1-17(2)4-5-19-7-9(6-14-19)15-12(20)11-10(13)8-18(3)16-11/h6-8H,4-5H2,1-3H3,(H,15,20). The third-order valence-electron chi connectivity index (χ3n) is 2.67. The van der Waals surface area contributed by atoms with Crippen LogP contribution >= 0.6 is 15.9 Å². The number of hydrogen-bond donors (Lipinski definition) is 1. The molecule has 0 bridgehead atoms. The van der Waals surface area contributed by atoms with Crippen LogP contribution in [0.25, 0.3) is 0 Å². The monoisotopic (exact) mass is 340 g/mol. The average molecular weight is 341 g/mol. The molecular weight excluding hydrogens is 324 g/mol. The molecule has 0 spiro atoms. The lowest BCUT2D eigenvalue weighted by molar-refractivity contribution is 0.102. The van der Waals surface area contributed by atoms with Crippen molar-refractivity contribution in [2.75, 3.05) is 26.0 Å². The topological polar surface area (TPSA) is 68.0 Å². The molecule has 0 unspecified atom stereocenters. The first-order valence-electron chi connectivity index (χ1n) is 6.13. The zero-order valence-corrected chi connectivity index (χ0v) is 13.3. The zero-order chi connectivity index (χ0) is 14.7. The van der Waals surface area contributed by atoms with E-state index in [0.717, 1.165) is 13.1 Å². The highest BCUT2D eigenvalue weighted by molar-refractivity contribution is 9.10. The quantitative estimate of drug-likeness (QED) is 0.887. The Morgan fingerprint density at radius 1 is 1.45 bits per heavy atom. The number of likely N-dealkylation sites (N-methyl/N-ethyl adjacent to an activating group) is 1. The predicted octanol–water partition coefficient (Wildman–Crippen LogP) is 1.19. The average Bonchev–Trinajstić information content (AvgIpc) is 2.93. The van der Waals surface area contributed by atoms with Crippen molar-refractivity contribution < 1.29 is 4.79 Å². The fourth-order valence-corrected chi connectivity index (χ4v) is 2.21. The van der Waals surface area contributed by atoms with Gasteiger partial charge in [0, 0.05) is 26.0 Å². The molecule has 1 amide bonds. The first kappa shape index (κ1) is 14.7. The Hall–Kier alpha value is -1.67. The van der Waals surface area contributed by atoms with Crippen molar-refractivity contribution in [2.24, 2.45) is 7.05 Å². The molecular formula is C12H17BrN6O. The summed E-state index contributed by atoms with van der Waals surface area (Å²) >= 11 is 3.31. The Labute approximate surface area is 125 Å². The van der Waals surface area contributed by atoms with E-state index in [1.807, 2.05) is 14.1 Å². The third-order valence-corrected chi connectivity index (χ3v) is 3.25. The minimum atomic E-state index is -0.260. The molecule has 0 saturated heterocycles. The number of carbonyl (C=O) groups is 1. The van der Waals surface area contributed by atoms with Gasteiger partial charge in [-0.3, -0.25) is 14.2 Å². The summed E-state index contributed by atoms with van der Waals surface area (Å²) in [5.74, 6) is -0.260. The van der Waals surface area contributed by atoms with E-state index in [4.69, 9.17) is 0 Å². The van der Waals surface area contributed by atoms with E-state index in [1.54, 1.807) is 35.0 Å². The van der Waals surface area contributed by atoms with Gasteiger partial charge in [-0.25, -0.2) is 0 Å². The van der Waals surface area contributed by atoms with Crippen molar-refractivity contribution in [1.82, 2.24) is 24.5 Å². The van der Waals surface area contributed by atoms with Gasteiger partial charge in [0.1, 0.15) is 0 Å². The lowest BCUT2D eigenvalue weighted by Crippen LogP contribution is -2.18. The summed E-state index contributed by atoms with van der Waals surface area (Å²) < 4.78 is 4.04. The highest BCUT2D eigenvalue weighted by Crippen LogP contribution is 2.16. The fraction of sp³-hybridized carbons (Fsp3) is 0.417. The molecule has 2 aromatic rings. The highest BCUT2D eigenvalue weighted by atomic mass is 79.9. The molecule has 8 heteroatoms. The van der Waals surface area contributed by atoms with Gasteiger partial charge in [0.2, 0.25) is 0 Å². The van der Waals surface area contributed by atoms with Gasteiger partial charge in [0.05, 0.1) is 22.9 Å². The van der Waals surface area contributed by atoms with E-state index < -0.39 is 0 Å². The lowest BCUT2D eigenvalue weighted by Gasteiger charge is -2.08. The van der Waals surface area contributed by atoms with Crippen molar-refractivity contribution in [3.63, 3.8) is 0 Å². The molecule has 0 saturated carbocycles. The number of anilines is 1. The maximum Gasteiger partial charge on any atom is 0.277 e. The lowest BCUT2D eigenvalue weighted by atomic mass is 10.4. The van der Waals surface area contributed by atoms with Crippen molar-refractivity contribution in [2.45, 2.75) is 6.54 Å². The molecule has 0 aliphatic rings. The number of carbonyl (C=O) groups excluding carboxylic acids is 1. The molecule has 0 radical (unpaired) electrons.